The largest absolute Gasteiger partial charge is 0.756 e. The fourth-order valence-corrected chi connectivity index (χ4v) is 8.90. The van der Waals surface area contributed by atoms with Crippen LogP contribution in [0.2, 0.25) is 0 Å². The molecule has 0 aliphatic heterocycles. The SMILES string of the molecule is CCCCCc1oc(CCCCCCCCCCCCC(=O)O[C@H](COC(=O)CCC/C=C\C[C@H]2C(=O)C[C@@H](O)[C@@H]2/C=C/[C@@H](O)CCCCC)COP(=O)([O-])OCC[N+](C)(C)C)c(C)c1C. The van der Waals surface area contributed by atoms with Crippen LogP contribution >= 0.6 is 7.82 Å². The first-order valence-electron chi connectivity index (χ1n) is 25.5. The van der Waals surface area contributed by atoms with Crippen molar-refractivity contribution < 1.29 is 61.5 Å². The van der Waals surface area contributed by atoms with Crippen LogP contribution in [0, 0.1) is 25.7 Å². The van der Waals surface area contributed by atoms with E-state index in [1.165, 1.54) is 67.6 Å². The summed E-state index contributed by atoms with van der Waals surface area (Å²) in [6.07, 6.45) is 26.7. The van der Waals surface area contributed by atoms with Crippen molar-refractivity contribution in [2.45, 2.75) is 207 Å². The molecule has 1 saturated carbocycles. The Morgan fingerprint density at radius 2 is 1.38 bits per heavy atom. The summed E-state index contributed by atoms with van der Waals surface area (Å²) in [7, 11) is 1.00. The lowest BCUT2D eigenvalue weighted by molar-refractivity contribution is -0.870. The molecule has 0 radical (unpaired) electrons. The number of Topliss-reactive ketones (excluding diaryl/α,β-unsaturated/α-hetero) is 1. The van der Waals surface area contributed by atoms with Gasteiger partial charge in [-0.25, -0.2) is 0 Å². The number of furan rings is 1. The number of ether oxygens (including phenoxy) is 2. The van der Waals surface area contributed by atoms with Gasteiger partial charge in [0, 0.05) is 43.9 Å². The number of aliphatic hydroxyl groups excluding tert-OH is 2. The molecule has 0 spiro atoms. The van der Waals surface area contributed by atoms with Crippen molar-refractivity contribution in [2.24, 2.45) is 11.8 Å². The minimum Gasteiger partial charge on any atom is -0.756 e. The van der Waals surface area contributed by atoms with Crippen LogP contribution in [0.15, 0.2) is 28.7 Å². The van der Waals surface area contributed by atoms with Crippen molar-refractivity contribution in [1.29, 1.82) is 0 Å². The predicted molar refractivity (Wildman–Crippen MR) is 259 cm³/mol. The molecular formula is C52H90NO12P. The zero-order valence-corrected chi connectivity index (χ0v) is 43.0. The summed E-state index contributed by atoms with van der Waals surface area (Å²) in [6.45, 7) is 8.15. The molecule has 0 saturated heterocycles. The number of aliphatic hydroxyl groups is 2. The van der Waals surface area contributed by atoms with Gasteiger partial charge in [-0.15, -0.1) is 0 Å². The van der Waals surface area contributed by atoms with Gasteiger partial charge in [0.25, 0.3) is 7.82 Å². The lowest BCUT2D eigenvalue weighted by Gasteiger charge is -2.28. The second kappa shape index (κ2) is 33.8. The van der Waals surface area contributed by atoms with Crippen LogP contribution in [0.4, 0.5) is 0 Å². The molecule has 1 aromatic heterocycles. The first-order valence-corrected chi connectivity index (χ1v) is 27.0. The maximum absolute atomic E-state index is 12.8. The third kappa shape index (κ3) is 26.8. The predicted octanol–water partition coefficient (Wildman–Crippen LogP) is 10.3. The summed E-state index contributed by atoms with van der Waals surface area (Å²) in [4.78, 5) is 50.6. The third-order valence-electron chi connectivity index (χ3n) is 12.5. The summed E-state index contributed by atoms with van der Waals surface area (Å²) in [5.41, 5.74) is 2.66. The monoisotopic (exact) mass is 952 g/mol. The second-order valence-corrected chi connectivity index (χ2v) is 21.0. The van der Waals surface area contributed by atoms with E-state index in [2.05, 4.69) is 27.7 Å². The molecule has 2 N–H and O–H groups in total. The van der Waals surface area contributed by atoms with Gasteiger partial charge < -0.3 is 42.5 Å². The number of allylic oxidation sites excluding steroid dienone is 2. The molecule has 0 bridgehead atoms. The van der Waals surface area contributed by atoms with E-state index in [1.807, 2.05) is 33.3 Å². The minimum atomic E-state index is -4.71. The molecule has 0 amide bonds. The molecule has 1 aliphatic rings. The quantitative estimate of drug-likeness (QED) is 0.0210. The number of phosphoric acid groups is 1. The van der Waals surface area contributed by atoms with E-state index in [9.17, 15) is 34.1 Å². The topological polar surface area (TPSA) is 182 Å². The Balaban J connectivity index is 1.71. The first kappa shape index (κ1) is 59.5. The molecule has 1 aliphatic carbocycles. The maximum Gasteiger partial charge on any atom is 0.306 e. The molecule has 14 heteroatoms. The van der Waals surface area contributed by atoms with Gasteiger partial charge in [-0.1, -0.05) is 122 Å². The van der Waals surface area contributed by atoms with Gasteiger partial charge in [0.05, 0.1) is 40.0 Å². The Hall–Kier alpha value is -2.64. The number of nitrogens with zero attached hydrogens (tertiary/aromatic N) is 1. The van der Waals surface area contributed by atoms with E-state index in [0.717, 1.165) is 64.2 Å². The average Bonchev–Trinajstić information content (AvgIpc) is 3.68. The summed E-state index contributed by atoms with van der Waals surface area (Å²) < 4.78 is 40.2. The number of esters is 2. The van der Waals surface area contributed by atoms with Crippen LogP contribution in [0.1, 0.15) is 184 Å². The molecule has 1 fully saturated rings. The van der Waals surface area contributed by atoms with Gasteiger partial charge in [-0.05, 0) is 69.9 Å². The summed E-state index contributed by atoms with van der Waals surface area (Å²) in [5.74, 6) is 0.572. The number of phosphoric ester groups is 1. The highest BCUT2D eigenvalue weighted by atomic mass is 31.2. The molecule has 2 rings (SSSR count). The fraction of sp³-hybridized carbons (Fsp3) is 0.788. The van der Waals surface area contributed by atoms with Crippen molar-refractivity contribution in [1.82, 2.24) is 0 Å². The van der Waals surface area contributed by atoms with Crippen molar-refractivity contribution in [3.8, 4) is 0 Å². The van der Waals surface area contributed by atoms with Crippen molar-refractivity contribution >= 4 is 25.5 Å². The van der Waals surface area contributed by atoms with Crippen molar-refractivity contribution in [3.63, 3.8) is 0 Å². The van der Waals surface area contributed by atoms with E-state index in [1.54, 1.807) is 12.2 Å². The first-order chi connectivity index (χ1) is 31.5. The summed E-state index contributed by atoms with van der Waals surface area (Å²) in [6, 6.07) is 0. The molecule has 1 aromatic rings. The molecule has 13 nitrogen and oxygen atoms in total. The van der Waals surface area contributed by atoms with Gasteiger partial charge >= 0.3 is 11.9 Å². The number of hydrogen-bond acceptors (Lipinski definition) is 12. The third-order valence-corrected chi connectivity index (χ3v) is 13.5. The zero-order valence-electron chi connectivity index (χ0n) is 42.1. The lowest BCUT2D eigenvalue weighted by Crippen LogP contribution is -2.37. The average molecular weight is 952 g/mol. The van der Waals surface area contributed by atoms with E-state index in [0.29, 0.717) is 43.1 Å². The summed E-state index contributed by atoms with van der Waals surface area (Å²) in [5, 5.41) is 20.8. The Morgan fingerprint density at radius 3 is 2.00 bits per heavy atom. The minimum absolute atomic E-state index is 0.00417. The molecule has 1 unspecified atom stereocenters. The molecule has 66 heavy (non-hydrogen) atoms. The molecule has 1 heterocycles. The number of aryl methyl sites for hydroxylation is 2. The molecular weight excluding hydrogens is 862 g/mol. The number of hydrogen-bond donors (Lipinski definition) is 2. The number of quaternary nitrogens is 1. The zero-order chi connectivity index (χ0) is 48.8. The Kier molecular flexibility index (Phi) is 30.5. The smallest absolute Gasteiger partial charge is 0.306 e. The van der Waals surface area contributed by atoms with Crippen LogP contribution in [-0.2, 0) is 50.3 Å². The van der Waals surface area contributed by atoms with Crippen LogP contribution in [0.5, 0.6) is 0 Å². The number of ketones is 1. The summed E-state index contributed by atoms with van der Waals surface area (Å²) >= 11 is 0. The highest BCUT2D eigenvalue weighted by Crippen LogP contribution is 2.38. The maximum atomic E-state index is 12.8. The van der Waals surface area contributed by atoms with E-state index in [4.69, 9.17) is 22.9 Å². The normalized spacial score (nSPS) is 18.6. The van der Waals surface area contributed by atoms with Crippen LogP contribution in [0.25, 0.3) is 0 Å². The molecule has 6 atom stereocenters. The second-order valence-electron chi connectivity index (χ2n) is 19.5. The number of likely N-dealkylation sites (N-methyl/N-ethyl adjacent to an activating group) is 1. The molecule has 380 valence electrons. The fourth-order valence-electron chi connectivity index (χ4n) is 8.17. The van der Waals surface area contributed by atoms with Crippen molar-refractivity contribution in [3.05, 3.63) is 47.0 Å². The molecule has 0 aromatic carbocycles. The van der Waals surface area contributed by atoms with Crippen LogP contribution in [-0.4, -0.2) is 98.2 Å². The van der Waals surface area contributed by atoms with Gasteiger partial charge in [-0.3, -0.25) is 18.9 Å². The van der Waals surface area contributed by atoms with Gasteiger partial charge in [0.2, 0.25) is 0 Å². The Morgan fingerprint density at radius 1 is 0.803 bits per heavy atom. The van der Waals surface area contributed by atoms with Crippen LogP contribution in [0.3, 0.4) is 0 Å². The van der Waals surface area contributed by atoms with Gasteiger partial charge in [0.1, 0.15) is 37.1 Å². The van der Waals surface area contributed by atoms with Gasteiger partial charge in [-0.2, -0.15) is 0 Å². The highest BCUT2D eigenvalue weighted by Gasteiger charge is 2.39. The Bertz CT molecular complexity index is 1620. The number of rotatable bonds is 39. The number of carbonyl (C=O) groups excluding carboxylic acids is 3. The van der Waals surface area contributed by atoms with Gasteiger partial charge in [0.15, 0.2) is 6.10 Å². The number of carbonyl (C=O) groups is 3. The lowest BCUT2D eigenvalue weighted by atomic mass is 9.90. The van der Waals surface area contributed by atoms with Crippen molar-refractivity contribution in [2.75, 3.05) is 47.5 Å². The standard InChI is InChI=1S/C52H90NO12P/c1-8-10-22-28-43(54)34-35-46-45(47(55)38-48(46)56)29-24-20-21-26-32-51(57)61-39-44(40-63-66(59,60)62-37-36-53(5,6)7)64-52(58)33-27-19-17-15-13-12-14-16-18-25-31-50-42(4)41(3)49(65-50)30-23-11-9-2/h20,24,34-35,43-46,48,54,56H,8-19,21-23,25-33,36-40H2,1-7H3/b24-20-,35-34+/t43-,44+,45+,46+,48+/m0/s1. The highest BCUT2D eigenvalue weighted by molar-refractivity contribution is 7.45. The van der Waals surface area contributed by atoms with E-state index < -0.39 is 44.7 Å². The number of unbranched alkanes of at least 4 members (excludes halogenated alkanes) is 14. The van der Waals surface area contributed by atoms with E-state index in [-0.39, 0.29) is 50.1 Å². The van der Waals surface area contributed by atoms with Crippen LogP contribution < -0.4 is 4.89 Å². The Labute approximate surface area is 398 Å². The van der Waals surface area contributed by atoms with E-state index >= 15 is 0 Å².